The van der Waals surface area contributed by atoms with Crippen molar-refractivity contribution in [1.29, 1.82) is 0 Å². The van der Waals surface area contributed by atoms with Crippen LogP contribution in [0.3, 0.4) is 0 Å². The quantitative estimate of drug-likeness (QED) is 0.930. The Balaban J connectivity index is 1.82. The van der Waals surface area contributed by atoms with Gasteiger partial charge in [-0.2, -0.15) is 0 Å². The van der Waals surface area contributed by atoms with Crippen molar-refractivity contribution in [3.05, 3.63) is 29.6 Å². The van der Waals surface area contributed by atoms with Gasteiger partial charge in [0.1, 0.15) is 0 Å². The molecule has 4 heteroatoms. The highest BCUT2D eigenvalue weighted by Gasteiger charge is 2.24. The molecule has 0 aliphatic carbocycles. The van der Waals surface area contributed by atoms with E-state index in [2.05, 4.69) is 36.0 Å². The lowest BCUT2D eigenvalue weighted by molar-refractivity contribution is 0.0917. The molecule has 0 aromatic carbocycles. The second-order valence-electron chi connectivity index (χ2n) is 7.77. The summed E-state index contributed by atoms with van der Waals surface area (Å²) in [5.74, 6) is 0.543. The molecule has 1 amide bonds. The van der Waals surface area contributed by atoms with Gasteiger partial charge in [0.25, 0.3) is 5.91 Å². The summed E-state index contributed by atoms with van der Waals surface area (Å²) in [4.78, 5) is 18.8. The van der Waals surface area contributed by atoms with E-state index in [1.54, 1.807) is 12.4 Å². The van der Waals surface area contributed by atoms with E-state index in [4.69, 9.17) is 0 Å². The van der Waals surface area contributed by atoms with E-state index in [9.17, 15) is 4.79 Å². The molecular weight excluding hydrogens is 274 g/mol. The number of likely N-dealkylation sites (tertiary alicyclic amines) is 1. The Morgan fingerprint density at radius 2 is 2.18 bits per heavy atom. The molecule has 1 N–H and O–H groups in total. The van der Waals surface area contributed by atoms with Crippen LogP contribution in [0.25, 0.3) is 0 Å². The van der Waals surface area contributed by atoms with E-state index in [1.165, 1.54) is 19.4 Å². The molecule has 0 saturated carbocycles. The lowest BCUT2D eigenvalue weighted by atomic mass is 9.92. The van der Waals surface area contributed by atoms with E-state index in [1.807, 2.05) is 13.0 Å². The molecule has 0 bridgehead atoms. The third kappa shape index (κ3) is 5.41. The summed E-state index contributed by atoms with van der Waals surface area (Å²) in [5, 5.41) is 3.07. The first-order valence-corrected chi connectivity index (χ1v) is 8.26. The van der Waals surface area contributed by atoms with Crippen LogP contribution < -0.4 is 5.32 Å². The summed E-state index contributed by atoms with van der Waals surface area (Å²) < 4.78 is 0. The number of piperidine rings is 1. The standard InChI is InChI=1S/C18H29N3O/c1-14-8-16(11-19-9-14)17(22)20-10-15-6-5-7-21(12-15)13-18(2,3)4/h8-9,11,15H,5-7,10,12-13H2,1-4H3,(H,20,22). The highest BCUT2D eigenvalue weighted by atomic mass is 16.1. The van der Waals surface area contributed by atoms with Crippen molar-refractivity contribution in [1.82, 2.24) is 15.2 Å². The second kappa shape index (κ2) is 7.23. The monoisotopic (exact) mass is 303 g/mol. The minimum absolute atomic E-state index is 0.0101. The molecular formula is C18H29N3O. The smallest absolute Gasteiger partial charge is 0.252 e. The maximum absolute atomic E-state index is 12.2. The number of hydrogen-bond acceptors (Lipinski definition) is 3. The van der Waals surface area contributed by atoms with Crippen LogP contribution >= 0.6 is 0 Å². The summed E-state index contributed by atoms with van der Waals surface area (Å²) in [6, 6.07) is 1.88. The Morgan fingerprint density at radius 3 is 2.86 bits per heavy atom. The molecule has 1 fully saturated rings. The number of carbonyl (C=O) groups is 1. The van der Waals surface area contributed by atoms with Gasteiger partial charge in [-0.15, -0.1) is 0 Å². The summed E-state index contributed by atoms with van der Waals surface area (Å²) in [7, 11) is 0. The Morgan fingerprint density at radius 1 is 1.41 bits per heavy atom. The lowest BCUT2D eigenvalue weighted by Crippen LogP contribution is -2.43. The van der Waals surface area contributed by atoms with Crippen molar-refractivity contribution in [2.75, 3.05) is 26.2 Å². The number of nitrogens with zero attached hydrogens (tertiary/aromatic N) is 2. The van der Waals surface area contributed by atoms with Gasteiger partial charge in [-0.25, -0.2) is 0 Å². The van der Waals surface area contributed by atoms with Crippen molar-refractivity contribution >= 4 is 5.91 Å². The molecule has 1 aromatic heterocycles. The van der Waals surface area contributed by atoms with Gasteiger partial charge in [0.15, 0.2) is 0 Å². The molecule has 1 saturated heterocycles. The number of hydrogen-bond donors (Lipinski definition) is 1. The maximum Gasteiger partial charge on any atom is 0.252 e. The van der Waals surface area contributed by atoms with Gasteiger partial charge < -0.3 is 10.2 Å². The first kappa shape index (κ1) is 16.9. The zero-order valence-electron chi connectivity index (χ0n) is 14.4. The van der Waals surface area contributed by atoms with Gasteiger partial charge in [-0.05, 0) is 49.3 Å². The summed E-state index contributed by atoms with van der Waals surface area (Å²) in [6.45, 7) is 12.9. The minimum atomic E-state index is -0.0101. The number of aryl methyl sites for hydroxylation is 1. The topological polar surface area (TPSA) is 45.2 Å². The van der Waals surface area contributed by atoms with Gasteiger partial charge in [0, 0.05) is 32.0 Å². The number of rotatable bonds is 4. The van der Waals surface area contributed by atoms with Crippen LogP contribution in [0.4, 0.5) is 0 Å². The fraction of sp³-hybridized carbons (Fsp3) is 0.667. The lowest BCUT2D eigenvalue weighted by Gasteiger charge is -2.36. The van der Waals surface area contributed by atoms with Crippen LogP contribution in [-0.2, 0) is 0 Å². The van der Waals surface area contributed by atoms with Crippen LogP contribution in [0.2, 0.25) is 0 Å². The van der Waals surface area contributed by atoms with Crippen LogP contribution in [0.5, 0.6) is 0 Å². The fourth-order valence-electron chi connectivity index (χ4n) is 3.15. The highest BCUT2D eigenvalue weighted by Crippen LogP contribution is 2.21. The summed E-state index contributed by atoms with van der Waals surface area (Å²) >= 11 is 0. The van der Waals surface area contributed by atoms with Gasteiger partial charge >= 0.3 is 0 Å². The van der Waals surface area contributed by atoms with Crippen LogP contribution in [0.1, 0.15) is 49.5 Å². The van der Waals surface area contributed by atoms with Crippen molar-refractivity contribution in [2.24, 2.45) is 11.3 Å². The molecule has 1 atom stereocenters. The van der Waals surface area contributed by atoms with Gasteiger partial charge in [0.2, 0.25) is 0 Å². The largest absolute Gasteiger partial charge is 0.352 e. The molecule has 22 heavy (non-hydrogen) atoms. The van der Waals surface area contributed by atoms with E-state index in [0.29, 0.717) is 16.9 Å². The third-order valence-electron chi connectivity index (χ3n) is 3.99. The average molecular weight is 303 g/mol. The van der Waals surface area contributed by atoms with Crippen LogP contribution in [-0.4, -0.2) is 42.0 Å². The molecule has 1 aliphatic heterocycles. The van der Waals surface area contributed by atoms with Gasteiger partial charge in [0.05, 0.1) is 5.56 Å². The highest BCUT2D eigenvalue weighted by molar-refractivity contribution is 5.93. The van der Waals surface area contributed by atoms with E-state index < -0.39 is 0 Å². The van der Waals surface area contributed by atoms with Crippen LogP contribution in [0.15, 0.2) is 18.5 Å². The predicted molar refractivity (Wildman–Crippen MR) is 89.9 cm³/mol. The molecule has 1 aromatic rings. The summed E-state index contributed by atoms with van der Waals surface area (Å²) in [6.07, 6.45) is 5.83. The Bertz CT molecular complexity index is 507. The number of aromatic nitrogens is 1. The molecule has 4 nitrogen and oxygen atoms in total. The number of amides is 1. The molecule has 0 radical (unpaired) electrons. The Labute approximate surface area is 134 Å². The summed E-state index contributed by atoms with van der Waals surface area (Å²) in [5.41, 5.74) is 2.00. The van der Waals surface area contributed by atoms with Crippen molar-refractivity contribution in [2.45, 2.75) is 40.5 Å². The Hall–Kier alpha value is -1.42. The average Bonchev–Trinajstić information content (AvgIpc) is 2.43. The number of nitrogens with one attached hydrogen (secondary N) is 1. The first-order valence-electron chi connectivity index (χ1n) is 8.26. The van der Waals surface area contributed by atoms with E-state index >= 15 is 0 Å². The zero-order valence-corrected chi connectivity index (χ0v) is 14.4. The SMILES string of the molecule is Cc1cncc(C(=O)NCC2CCCN(CC(C)(C)C)C2)c1. The van der Waals surface area contributed by atoms with Gasteiger partial charge in [-0.1, -0.05) is 20.8 Å². The van der Waals surface area contributed by atoms with Crippen LogP contribution in [0, 0.1) is 18.3 Å². The molecule has 1 unspecified atom stereocenters. The van der Waals surface area contributed by atoms with E-state index in [-0.39, 0.29) is 5.91 Å². The Kier molecular flexibility index (Phi) is 5.57. The van der Waals surface area contributed by atoms with E-state index in [0.717, 1.165) is 25.2 Å². The number of carbonyl (C=O) groups excluding carboxylic acids is 1. The zero-order chi connectivity index (χ0) is 16.2. The van der Waals surface area contributed by atoms with Crippen molar-refractivity contribution in [3.8, 4) is 0 Å². The number of pyridine rings is 1. The first-order chi connectivity index (χ1) is 10.3. The maximum atomic E-state index is 12.2. The minimum Gasteiger partial charge on any atom is -0.352 e. The second-order valence-corrected chi connectivity index (χ2v) is 7.77. The fourth-order valence-corrected chi connectivity index (χ4v) is 3.15. The van der Waals surface area contributed by atoms with Gasteiger partial charge in [-0.3, -0.25) is 9.78 Å². The molecule has 2 rings (SSSR count). The molecule has 0 spiro atoms. The normalized spacial score (nSPS) is 19.9. The molecule has 2 heterocycles. The molecule has 122 valence electrons. The molecule has 1 aliphatic rings. The predicted octanol–water partition coefficient (Wildman–Crippen LogP) is 2.88. The van der Waals surface area contributed by atoms with Crippen molar-refractivity contribution in [3.63, 3.8) is 0 Å². The third-order valence-corrected chi connectivity index (χ3v) is 3.99. The van der Waals surface area contributed by atoms with Crippen molar-refractivity contribution < 1.29 is 4.79 Å².